The highest BCUT2D eigenvalue weighted by atomic mass is 32.2. The quantitative estimate of drug-likeness (QED) is 0.490. The number of fused-ring (bicyclic) bond motifs is 1. The topological polar surface area (TPSA) is 79.5 Å². The summed E-state index contributed by atoms with van der Waals surface area (Å²) in [5, 5.41) is 12.4. The second-order valence-electron chi connectivity index (χ2n) is 6.40. The van der Waals surface area contributed by atoms with Gasteiger partial charge in [0.2, 0.25) is 0 Å². The Kier molecular flexibility index (Phi) is 6.40. The lowest BCUT2D eigenvalue weighted by Gasteiger charge is -2.14. The molecule has 0 bridgehead atoms. The van der Waals surface area contributed by atoms with Crippen LogP contribution in [0.3, 0.4) is 0 Å². The van der Waals surface area contributed by atoms with Crippen LogP contribution < -0.4 is 10.7 Å². The zero-order chi connectivity index (χ0) is 21.9. The van der Waals surface area contributed by atoms with Crippen LogP contribution in [0.5, 0.6) is 0 Å². The molecule has 0 atom stereocenters. The van der Waals surface area contributed by atoms with Crippen molar-refractivity contribution in [2.45, 2.75) is 24.6 Å². The molecule has 0 aliphatic carbocycles. The molecule has 0 unspecified atom stereocenters. The van der Waals surface area contributed by atoms with Gasteiger partial charge in [-0.15, -0.1) is 0 Å². The van der Waals surface area contributed by atoms with Crippen LogP contribution in [0.4, 0.5) is 18.9 Å². The molecule has 1 heterocycles. The predicted octanol–water partition coefficient (Wildman–Crippen LogP) is 5.28. The molecule has 2 N–H and O–H groups in total. The van der Waals surface area contributed by atoms with Crippen molar-refractivity contribution in [3.05, 3.63) is 69.4 Å². The first-order chi connectivity index (χ1) is 14.2. The van der Waals surface area contributed by atoms with E-state index in [1.54, 1.807) is 18.2 Å². The summed E-state index contributed by atoms with van der Waals surface area (Å²) in [7, 11) is 0. The van der Waals surface area contributed by atoms with Gasteiger partial charge in [0, 0.05) is 18.3 Å². The number of alkyl halides is 3. The third kappa shape index (κ3) is 4.79. The average Bonchev–Trinajstić information content (AvgIpc) is 2.68. The molecule has 0 amide bonds. The molecule has 0 saturated heterocycles. The number of carboxylic acid groups (broad SMARTS) is 1. The number of benzene rings is 2. The molecular weight excluding hydrogens is 419 g/mol. The number of nitrogens with one attached hydrogen (secondary N) is 1. The summed E-state index contributed by atoms with van der Waals surface area (Å²) >= 11 is 1.28. The summed E-state index contributed by atoms with van der Waals surface area (Å²) in [4.78, 5) is 23.7. The van der Waals surface area contributed by atoms with Crippen LogP contribution in [0.1, 0.15) is 28.4 Å². The highest BCUT2D eigenvalue weighted by Crippen LogP contribution is 2.34. The lowest BCUT2D eigenvalue weighted by Crippen LogP contribution is -2.13. The molecule has 158 valence electrons. The van der Waals surface area contributed by atoms with Crippen LogP contribution in [0.25, 0.3) is 11.0 Å². The number of rotatable bonds is 7. The molecule has 0 aliphatic heterocycles. The standard InChI is InChI=1S/C21H18F3NO4S/c1-2-30-18-11-17(26)15-10-13(21(22,23)24)9-12(19(15)29-18)7-8-25-16-6-4-3-5-14(16)20(27)28/h3-6,9-11,25H,2,7-8H2,1H3,(H,27,28). The summed E-state index contributed by atoms with van der Waals surface area (Å²) in [5.41, 5.74) is -0.733. The minimum Gasteiger partial charge on any atom is -0.478 e. The third-order valence-electron chi connectivity index (χ3n) is 4.36. The number of aromatic carboxylic acids is 1. The van der Waals surface area contributed by atoms with Gasteiger partial charge in [-0.25, -0.2) is 4.79 Å². The van der Waals surface area contributed by atoms with E-state index in [1.807, 2.05) is 6.92 Å². The lowest BCUT2D eigenvalue weighted by atomic mass is 10.0. The van der Waals surface area contributed by atoms with E-state index in [2.05, 4.69) is 5.32 Å². The third-order valence-corrected chi connectivity index (χ3v) is 5.14. The zero-order valence-electron chi connectivity index (χ0n) is 15.9. The molecule has 0 spiro atoms. The number of carboxylic acids is 1. The second kappa shape index (κ2) is 8.83. The molecular formula is C21H18F3NO4S. The van der Waals surface area contributed by atoms with E-state index in [0.717, 1.165) is 12.1 Å². The van der Waals surface area contributed by atoms with Gasteiger partial charge in [0.05, 0.1) is 16.5 Å². The van der Waals surface area contributed by atoms with Crippen LogP contribution in [0.2, 0.25) is 0 Å². The molecule has 30 heavy (non-hydrogen) atoms. The van der Waals surface area contributed by atoms with E-state index < -0.39 is 23.1 Å². The van der Waals surface area contributed by atoms with E-state index in [1.165, 1.54) is 23.9 Å². The Hall–Kier alpha value is -2.94. The van der Waals surface area contributed by atoms with Gasteiger partial charge in [-0.05, 0) is 42.0 Å². The maximum absolute atomic E-state index is 13.3. The Bertz CT molecular complexity index is 1140. The number of thioether (sulfide) groups is 1. The second-order valence-corrected chi connectivity index (χ2v) is 7.67. The van der Waals surface area contributed by atoms with E-state index in [4.69, 9.17) is 4.42 Å². The first-order valence-corrected chi connectivity index (χ1v) is 10.1. The average molecular weight is 437 g/mol. The molecule has 0 radical (unpaired) electrons. The van der Waals surface area contributed by atoms with Crippen molar-refractivity contribution in [3.8, 4) is 0 Å². The van der Waals surface area contributed by atoms with Crippen molar-refractivity contribution in [3.63, 3.8) is 0 Å². The maximum atomic E-state index is 13.3. The summed E-state index contributed by atoms with van der Waals surface area (Å²) in [6, 6.07) is 9.20. The summed E-state index contributed by atoms with van der Waals surface area (Å²) < 4.78 is 45.7. The van der Waals surface area contributed by atoms with Crippen LogP contribution in [0.15, 0.2) is 56.8 Å². The van der Waals surface area contributed by atoms with Gasteiger partial charge in [-0.2, -0.15) is 13.2 Å². The molecule has 3 rings (SSSR count). The van der Waals surface area contributed by atoms with E-state index in [0.29, 0.717) is 16.5 Å². The molecule has 3 aromatic rings. The fourth-order valence-electron chi connectivity index (χ4n) is 3.03. The van der Waals surface area contributed by atoms with Crippen LogP contribution in [0, 0.1) is 0 Å². The van der Waals surface area contributed by atoms with E-state index in [-0.39, 0.29) is 35.1 Å². The van der Waals surface area contributed by atoms with Crippen molar-refractivity contribution in [1.29, 1.82) is 0 Å². The monoisotopic (exact) mass is 437 g/mol. The van der Waals surface area contributed by atoms with E-state index >= 15 is 0 Å². The number of hydrogen-bond donors (Lipinski definition) is 2. The summed E-state index contributed by atoms with van der Waals surface area (Å²) in [6.07, 6.45) is -4.52. The van der Waals surface area contributed by atoms with Gasteiger partial charge < -0.3 is 14.8 Å². The minimum atomic E-state index is -4.62. The van der Waals surface area contributed by atoms with Crippen molar-refractivity contribution in [2.75, 3.05) is 17.6 Å². The Labute approximate surface area is 173 Å². The smallest absolute Gasteiger partial charge is 0.416 e. The number of carbonyl (C=O) groups is 1. The van der Waals surface area contributed by atoms with Gasteiger partial charge >= 0.3 is 12.1 Å². The van der Waals surface area contributed by atoms with Gasteiger partial charge in [0.1, 0.15) is 5.58 Å². The number of para-hydroxylation sites is 1. The van der Waals surface area contributed by atoms with Crippen molar-refractivity contribution in [1.82, 2.24) is 0 Å². The molecule has 5 nitrogen and oxygen atoms in total. The maximum Gasteiger partial charge on any atom is 0.416 e. The minimum absolute atomic E-state index is 0.0552. The number of halogens is 3. The molecule has 9 heteroatoms. The largest absolute Gasteiger partial charge is 0.478 e. The Balaban J connectivity index is 1.99. The van der Waals surface area contributed by atoms with Gasteiger partial charge in [-0.1, -0.05) is 30.8 Å². The Morgan fingerprint density at radius 3 is 2.60 bits per heavy atom. The highest BCUT2D eigenvalue weighted by molar-refractivity contribution is 7.99. The molecule has 0 saturated carbocycles. The SMILES string of the molecule is CCSc1cc(=O)c2cc(C(F)(F)F)cc(CCNc3ccccc3C(=O)O)c2o1. The predicted molar refractivity (Wildman–Crippen MR) is 109 cm³/mol. The molecule has 0 fully saturated rings. The van der Waals surface area contributed by atoms with Crippen molar-refractivity contribution >= 4 is 34.4 Å². The summed E-state index contributed by atoms with van der Waals surface area (Å²) in [5.74, 6) is -0.479. The first kappa shape index (κ1) is 21.8. The van der Waals surface area contributed by atoms with Gasteiger partial charge in [-0.3, -0.25) is 4.79 Å². The van der Waals surface area contributed by atoms with E-state index in [9.17, 15) is 27.9 Å². The Morgan fingerprint density at radius 2 is 1.93 bits per heavy atom. The highest BCUT2D eigenvalue weighted by Gasteiger charge is 2.32. The molecule has 2 aromatic carbocycles. The van der Waals surface area contributed by atoms with Gasteiger partial charge in [0.15, 0.2) is 10.5 Å². The summed E-state index contributed by atoms with van der Waals surface area (Å²) in [6.45, 7) is 2.02. The fraction of sp³-hybridized carbons (Fsp3) is 0.238. The Morgan fingerprint density at radius 1 is 1.20 bits per heavy atom. The first-order valence-electron chi connectivity index (χ1n) is 9.07. The molecule has 0 aliphatic rings. The number of anilines is 1. The zero-order valence-corrected chi connectivity index (χ0v) is 16.7. The number of hydrogen-bond acceptors (Lipinski definition) is 5. The van der Waals surface area contributed by atoms with Crippen molar-refractivity contribution in [2.24, 2.45) is 0 Å². The fourth-order valence-corrected chi connectivity index (χ4v) is 3.64. The lowest BCUT2D eigenvalue weighted by molar-refractivity contribution is -0.137. The van der Waals surface area contributed by atoms with Crippen molar-refractivity contribution < 1.29 is 27.5 Å². The van der Waals surface area contributed by atoms with Gasteiger partial charge in [0.25, 0.3) is 0 Å². The van der Waals surface area contributed by atoms with Crippen LogP contribution in [-0.4, -0.2) is 23.4 Å². The van der Waals surface area contributed by atoms with Crippen LogP contribution in [-0.2, 0) is 12.6 Å². The molecule has 1 aromatic heterocycles. The van der Waals surface area contributed by atoms with Crippen LogP contribution >= 0.6 is 11.8 Å². The normalized spacial score (nSPS) is 11.6.